The molecule has 180 valence electrons. The molecule has 2 aromatic heterocycles. The summed E-state index contributed by atoms with van der Waals surface area (Å²) in [4.78, 5) is 18.3. The van der Waals surface area contributed by atoms with E-state index in [4.69, 9.17) is 26.1 Å². The lowest BCUT2D eigenvalue weighted by Gasteiger charge is -2.11. The zero-order valence-electron chi connectivity index (χ0n) is 19.7. The molecule has 0 spiro atoms. The molecule has 0 aliphatic rings. The normalized spacial score (nSPS) is 10.9. The van der Waals surface area contributed by atoms with Gasteiger partial charge in [0, 0.05) is 22.7 Å². The lowest BCUT2D eigenvalue weighted by Crippen LogP contribution is -2.23. The first-order valence-electron chi connectivity index (χ1n) is 11.3. The summed E-state index contributed by atoms with van der Waals surface area (Å²) < 4.78 is 10.6. The Morgan fingerprint density at radius 1 is 0.917 bits per heavy atom. The Labute approximate surface area is 213 Å². The second kappa shape index (κ2) is 10.1. The van der Waals surface area contributed by atoms with Crippen molar-refractivity contribution in [1.82, 2.24) is 20.5 Å². The Kier molecular flexibility index (Phi) is 6.56. The third-order valence-electron chi connectivity index (χ3n) is 5.87. The highest BCUT2D eigenvalue weighted by molar-refractivity contribution is 6.30. The van der Waals surface area contributed by atoms with Crippen LogP contribution in [0.3, 0.4) is 0 Å². The van der Waals surface area contributed by atoms with Crippen LogP contribution in [0, 0.1) is 0 Å². The van der Waals surface area contributed by atoms with Gasteiger partial charge in [-0.1, -0.05) is 35.9 Å². The number of ether oxygens (including phenoxy) is 2. The van der Waals surface area contributed by atoms with Gasteiger partial charge < -0.3 is 14.8 Å². The van der Waals surface area contributed by atoms with Crippen LogP contribution in [0.25, 0.3) is 33.5 Å². The summed E-state index contributed by atoms with van der Waals surface area (Å²) >= 11 is 6.08. The molecule has 36 heavy (non-hydrogen) atoms. The van der Waals surface area contributed by atoms with Gasteiger partial charge in [0.25, 0.3) is 5.91 Å². The number of nitrogens with zero attached hydrogens (tertiary/aromatic N) is 2. The Morgan fingerprint density at radius 2 is 1.64 bits per heavy atom. The van der Waals surface area contributed by atoms with E-state index >= 15 is 0 Å². The SMILES string of the molecule is COc1ccc(-c2cc(C(=O)NCc3cccc(OC)c3)c3c(-c4ccc(Cl)cc4)[nH]nc3n2)cc1. The Hall–Kier alpha value is -4.36. The van der Waals surface area contributed by atoms with E-state index in [2.05, 4.69) is 15.5 Å². The number of pyridine rings is 1. The van der Waals surface area contributed by atoms with Crippen LogP contribution in [0.4, 0.5) is 0 Å². The van der Waals surface area contributed by atoms with Gasteiger partial charge in [-0.15, -0.1) is 0 Å². The van der Waals surface area contributed by atoms with Gasteiger partial charge in [0.05, 0.1) is 36.6 Å². The lowest BCUT2D eigenvalue weighted by atomic mass is 10.0. The van der Waals surface area contributed by atoms with Crippen molar-refractivity contribution >= 4 is 28.5 Å². The predicted molar refractivity (Wildman–Crippen MR) is 140 cm³/mol. The number of amides is 1. The van der Waals surface area contributed by atoms with Crippen LogP contribution in [0.15, 0.2) is 78.9 Å². The highest BCUT2D eigenvalue weighted by atomic mass is 35.5. The molecular formula is C28H23ClN4O3. The quantitative estimate of drug-likeness (QED) is 0.292. The van der Waals surface area contributed by atoms with Crippen LogP contribution in [0.2, 0.25) is 5.02 Å². The van der Waals surface area contributed by atoms with Crippen molar-refractivity contribution in [3.8, 4) is 34.0 Å². The molecule has 2 N–H and O–H groups in total. The molecule has 0 fully saturated rings. The molecule has 2 heterocycles. The number of hydrogen-bond donors (Lipinski definition) is 2. The van der Waals surface area contributed by atoms with Gasteiger partial charge in [0.1, 0.15) is 11.5 Å². The van der Waals surface area contributed by atoms with E-state index in [0.717, 1.165) is 28.2 Å². The summed E-state index contributed by atoms with van der Waals surface area (Å²) in [6, 6.07) is 24.2. The van der Waals surface area contributed by atoms with Crippen LogP contribution in [0.5, 0.6) is 11.5 Å². The fraction of sp³-hybridized carbons (Fsp3) is 0.107. The van der Waals surface area contributed by atoms with E-state index in [1.165, 1.54) is 0 Å². The van der Waals surface area contributed by atoms with Crippen molar-refractivity contribution < 1.29 is 14.3 Å². The maximum atomic E-state index is 13.6. The molecule has 5 aromatic rings. The van der Waals surface area contributed by atoms with Crippen molar-refractivity contribution in [3.63, 3.8) is 0 Å². The molecule has 0 saturated carbocycles. The van der Waals surface area contributed by atoms with Gasteiger partial charge in [0.15, 0.2) is 5.65 Å². The minimum Gasteiger partial charge on any atom is -0.497 e. The molecule has 0 aliphatic carbocycles. The predicted octanol–water partition coefficient (Wildman–Crippen LogP) is 5.89. The summed E-state index contributed by atoms with van der Waals surface area (Å²) in [5.74, 6) is 1.23. The van der Waals surface area contributed by atoms with Gasteiger partial charge in [0.2, 0.25) is 0 Å². The molecule has 0 radical (unpaired) electrons. The maximum absolute atomic E-state index is 13.6. The molecule has 1 amide bonds. The summed E-state index contributed by atoms with van der Waals surface area (Å²) in [6.45, 7) is 0.339. The van der Waals surface area contributed by atoms with E-state index in [-0.39, 0.29) is 5.91 Å². The van der Waals surface area contributed by atoms with E-state index in [0.29, 0.717) is 39.6 Å². The fourth-order valence-electron chi connectivity index (χ4n) is 4.00. The third-order valence-corrected chi connectivity index (χ3v) is 6.13. The minimum atomic E-state index is -0.239. The Balaban J connectivity index is 1.58. The number of aromatic amines is 1. The lowest BCUT2D eigenvalue weighted by molar-refractivity contribution is 0.0952. The number of halogens is 1. The minimum absolute atomic E-state index is 0.239. The van der Waals surface area contributed by atoms with Gasteiger partial charge in [-0.2, -0.15) is 5.10 Å². The topological polar surface area (TPSA) is 89.1 Å². The smallest absolute Gasteiger partial charge is 0.252 e. The first-order valence-corrected chi connectivity index (χ1v) is 11.6. The second-order valence-corrected chi connectivity index (χ2v) is 8.56. The summed E-state index contributed by atoms with van der Waals surface area (Å²) in [7, 11) is 3.23. The summed E-state index contributed by atoms with van der Waals surface area (Å²) in [5, 5.41) is 11.8. The number of aromatic nitrogens is 3. The monoisotopic (exact) mass is 498 g/mol. The van der Waals surface area contributed by atoms with Crippen molar-refractivity contribution in [1.29, 1.82) is 0 Å². The molecule has 3 aromatic carbocycles. The molecule has 0 aliphatic heterocycles. The third kappa shape index (κ3) is 4.74. The second-order valence-electron chi connectivity index (χ2n) is 8.12. The number of methoxy groups -OCH3 is 2. The van der Waals surface area contributed by atoms with Crippen LogP contribution in [0.1, 0.15) is 15.9 Å². The van der Waals surface area contributed by atoms with Gasteiger partial charge in [-0.3, -0.25) is 9.89 Å². The number of fused-ring (bicyclic) bond motifs is 1. The summed E-state index contributed by atoms with van der Waals surface area (Å²) in [5.41, 5.74) is 4.85. The molecule has 0 atom stereocenters. The van der Waals surface area contributed by atoms with E-state index in [9.17, 15) is 4.79 Å². The molecule has 0 unspecified atom stereocenters. The standard InChI is InChI=1S/C28H23ClN4O3/c1-35-21-12-8-18(9-13-21)24-15-23(28(34)30-16-17-4-3-5-22(14-17)36-2)25-26(32-33-27(25)31-24)19-6-10-20(29)11-7-19/h3-15H,16H2,1-2H3,(H,30,34)(H,31,32,33). The Morgan fingerprint density at radius 3 is 2.36 bits per heavy atom. The van der Waals surface area contributed by atoms with E-state index in [1.807, 2.05) is 60.7 Å². The van der Waals surface area contributed by atoms with Crippen LogP contribution < -0.4 is 14.8 Å². The summed E-state index contributed by atoms with van der Waals surface area (Å²) in [6.07, 6.45) is 0. The highest BCUT2D eigenvalue weighted by Gasteiger charge is 2.20. The molecule has 7 nitrogen and oxygen atoms in total. The number of carbonyl (C=O) groups is 1. The average molecular weight is 499 g/mol. The average Bonchev–Trinajstić information content (AvgIpc) is 3.36. The van der Waals surface area contributed by atoms with Crippen molar-refractivity contribution in [2.45, 2.75) is 6.54 Å². The zero-order valence-corrected chi connectivity index (χ0v) is 20.5. The Bertz CT molecular complexity index is 1530. The highest BCUT2D eigenvalue weighted by Crippen LogP contribution is 2.32. The van der Waals surface area contributed by atoms with Crippen molar-refractivity contribution in [3.05, 3.63) is 95.0 Å². The fourth-order valence-corrected chi connectivity index (χ4v) is 4.12. The molecule has 0 saturated heterocycles. The van der Waals surface area contributed by atoms with Gasteiger partial charge in [-0.05, 0) is 60.2 Å². The molecule has 0 bridgehead atoms. The number of benzene rings is 3. The maximum Gasteiger partial charge on any atom is 0.252 e. The van der Waals surface area contributed by atoms with Gasteiger partial charge >= 0.3 is 0 Å². The number of nitrogens with one attached hydrogen (secondary N) is 2. The van der Waals surface area contributed by atoms with Crippen LogP contribution in [-0.4, -0.2) is 35.3 Å². The van der Waals surface area contributed by atoms with E-state index in [1.54, 1.807) is 32.4 Å². The van der Waals surface area contributed by atoms with Crippen LogP contribution >= 0.6 is 11.6 Å². The molecular weight excluding hydrogens is 476 g/mol. The zero-order chi connectivity index (χ0) is 25.1. The van der Waals surface area contributed by atoms with Crippen molar-refractivity contribution in [2.75, 3.05) is 14.2 Å². The van der Waals surface area contributed by atoms with Crippen LogP contribution in [-0.2, 0) is 6.54 Å². The largest absolute Gasteiger partial charge is 0.497 e. The van der Waals surface area contributed by atoms with E-state index < -0.39 is 0 Å². The molecule has 8 heteroatoms. The first kappa shape index (κ1) is 23.4. The number of rotatable bonds is 7. The van der Waals surface area contributed by atoms with Crippen molar-refractivity contribution in [2.24, 2.45) is 0 Å². The number of H-pyrrole nitrogens is 1. The van der Waals surface area contributed by atoms with Gasteiger partial charge in [-0.25, -0.2) is 4.98 Å². The number of hydrogen-bond acceptors (Lipinski definition) is 5. The number of carbonyl (C=O) groups excluding carboxylic acids is 1. The first-order chi connectivity index (χ1) is 17.6. The molecule has 5 rings (SSSR count).